The number of ether oxygens (including phenoxy) is 1. The van der Waals surface area contributed by atoms with E-state index in [1.165, 1.54) is 12.3 Å². The van der Waals surface area contributed by atoms with E-state index in [0.29, 0.717) is 17.1 Å². The molecule has 0 saturated carbocycles. The van der Waals surface area contributed by atoms with Crippen LogP contribution in [0.25, 0.3) is 11.3 Å². The van der Waals surface area contributed by atoms with E-state index in [0.717, 1.165) is 6.42 Å². The average molecular weight is 350 g/mol. The minimum absolute atomic E-state index is 0.0498. The number of rotatable bonds is 7. The van der Waals surface area contributed by atoms with Gasteiger partial charge in [0.05, 0.1) is 17.9 Å². The quantitative estimate of drug-likeness (QED) is 0.819. The number of aromatic nitrogens is 3. The number of halogens is 2. The predicted molar refractivity (Wildman–Crippen MR) is 92.5 cm³/mol. The number of nitrogens with two attached hydrogens (primary N) is 1. The van der Waals surface area contributed by atoms with Crippen LogP contribution in [-0.4, -0.2) is 27.1 Å². The van der Waals surface area contributed by atoms with Gasteiger partial charge in [0.2, 0.25) is 5.88 Å². The highest BCUT2D eigenvalue weighted by Gasteiger charge is 2.20. The molecule has 0 fully saturated rings. The Morgan fingerprint density at radius 2 is 2.00 bits per heavy atom. The standard InChI is InChI=1S/C18H24F2N4O/c1-11(8-18(3,4)21)10-25-17-14(16(19)20)7-13(9-23-17)15-5-6-22-12(2)24-15/h5-7,9,11,16H,8,10,21H2,1-4H3. The zero-order valence-corrected chi connectivity index (χ0v) is 15.0. The molecule has 1 atom stereocenters. The maximum atomic E-state index is 13.4. The first-order chi connectivity index (χ1) is 11.7. The van der Waals surface area contributed by atoms with E-state index in [9.17, 15) is 8.78 Å². The van der Waals surface area contributed by atoms with Gasteiger partial charge in [0, 0.05) is 23.5 Å². The summed E-state index contributed by atoms with van der Waals surface area (Å²) in [5.74, 6) is 0.636. The lowest BCUT2D eigenvalue weighted by molar-refractivity contribution is 0.140. The normalized spacial score (nSPS) is 13.1. The Kier molecular flexibility index (Phi) is 6.00. The van der Waals surface area contributed by atoms with Crippen LogP contribution >= 0.6 is 0 Å². The highest BCUT2D eigenvalue weighted by atomic mass is 19.3. The molecule has 0 aliphatic rings. The van der Waals surface area contributed by atoms with Crippen molar-refractivity contribution in [2.24, 2.45) is 11.7 Å². The lowest BCUT2D eigenvalue weighted by atomic mass is 9.93. The summed E-state index contributed by atoms with van der Waals surface area (Å²) < 4.78 is 32.4. The third-order valence-electron chi connectivity index (χ3n) is 3.56. The van der Waals surface area contributed by atoms with E-state index < -0.39 is 6.43 Å². The first-order valence-corrected chi connectivity index (χ1v) is 8.15. The Hall–Kier alpha value is -2.15. The molecule has 5 nitrogen and oxygen atoms in total. The van der Waals surface area contributed by atoms with Crippen molar-refractivity contribution in [2.75, 3.05) is 6.61 Å². The topological polar surface area (TPSA) is 73.9 Å². The summed E-state index contributed by atoms with van der Waals surface area (Å²) in [6.07, 6.45) is 1.10. The SMILES string of the molecule is Cc1nccc(-c2cnc(OCC(C)CC(C)(C)N)c(C(F)F)c2)n1. The molecule has 2 aromatic heterocycles. The fraction of sp³-hybridized carbons (Fsp3) is 0.500. The van der Waals surface area contributed by atoms with Crippen molar-refractivity contribution < 1.29 is 13.5 Å². The molecule has 25 heavy (non-hydrogen) atoms. The van der Waals surface area contributed by atoms with E-state index in [2.05, 4.69) is 15.0 Å². The van der Waals surface area contributed by atoms with E-state index >= 15 is 0 Å². The molecule has 0 aliphatic heterocycles. The Labute approximate surface area is 146 Å². The molecule has 0 aliphatic carbocycles. The largest absolute Gasteiger partial charge is 0.477 e. The first kappa shape index (κ1) is 19.2. The molecule has 2 rings (SSSR count). The average Bonchev–Trinajstić information content (AvgIpc) is 2.51. The third kappa shape index (κ3) is 5.70. The van der Waals surface area contributed by atoms with Gasteiger partial charge < -0.3 is 10.5 Å². The molecule has 2 N–H and O–H groups in total. The van der Waals surface area contributed by atoms with Crippen LogP contribution in [0.1, 0.15) is 45.0 Å². The van der Waals surface area contributed by atoms with Crippen molar-refractivity contribution in [3.05, 3.63) is 35.9 Å². The van der Waals surface area contributed by atoms with Gasteiger partial charge in [-0.05, 0) is 45.2 Å². The number of hydrogen-bond acceptors (Lipinski definition) is 5. The Morgan fingerprint density at radius 1 is 1.28 bits per heavy atom. The van der Waals surface area contributed by atoms with Gasteiger partial charge in [0.1, 0.15) is 5.82 Å². The van der Waals surface area contributed by atoms with Gasteiger partial charge in [-0.2, -0.15) is 0 Å². The summed E-state index contributed by atoms with van der Waals surface area (Å²) in [5, 5.41) is 0. The van der Waals surface area contributed by atoms with Crippen LogP contribution in [-0.2, 0) is 0 Å². The van der Waals surface area contributed by atoms with Crippen LogP contribution in [0.2, 0.25) is 0 Å². The smallest absolute Gasteiger partial charge is 0.269 e. The highest BCUT2D eigenvalue weighted by Crippen LogP contribution is 2.31. The molecule has 2 heterocycles. The third-order valence-corrected chi connectivity index (χ3v) is 3.56. The van der Waals surface area contributed by atoms with Crippen molar-refractivity contribution in [3.8, 4) is 17.1 Å². The number of pyridine rings is 1. The summed E-state index contributed by atoms with van der Waals surface area (Å²) in [6, 6.07) is 3.03. The van der Waals surface area contributed by atoms with Crippen molar-refractivity contribution in [1.29, 1.82) is 0 Å². The Bertz CT molecular complexity index is 716. The molecule has 0 bridgehead atoms. The highest BCUT2D eigenvalue weighted by molar-refractivity contribution is 5.59. The van der Waals surface area contributed by atoms with Gasteiger partial charge in [-0.25, -0.2) is 23.7 Å². The molecular formula is C18H24F2N4O. The van der Waals surface area contributed by atoms with Gasteiger partial charge in [-0.1, -0.05) is 6.92 Å². The van der Waals surface area contributed by atoms with Crippen LogP contribution in [0.5, 0.6) is 5.88 Å². The van der Waals surface area contributed by atoms with Crippen LogP contribution in [0.15, 0.2) is 24.5 Å². The number of hydrogen-bond donors (Lipinski definition) is 1. The second-order valence-corrected chi connectivity index (χ2v) is 7.02. The first-order valence-electron chi connectivity index (χ1n) is 8.15. The van der Waals surface area contributed by atoms with Crippen LogP contribution in [0, 0.1) is 12.8 Å². The summed E-state index contributed by atoms with van der Waals surface area (Å²) in [5.41, 5.74) is 6.45. The van der Waals surface area contributed by atoms with E-state index in [1.807, 2.05) is 20.8 Å². The van der Waals surface area contributed by atoms with Crippen molar-refractivity contribution in [3.63, 3.8) is 0 Å². The van der Waals surface area contributed by atoms with Crippen LogP contribution in [0.3, 0.4) is 0 Å². The predicted octanol–water partition coefficient (Wildman–Crippen LogP) is 3.93. The molecule has 2 aromatic rings. The molecule has 1 unspecified atom stereocenters. The minimum Gasteiger partial charge on any atom is -0.477 e. The van der Waals surface area contributed by atoms with E-state index in [1.54, 1.807) is 19.2 Å². The van der Waals surface area contributed by atoms with E-state index in [4.69, 9.17) is 10.5 Å². The van der Waals surface area contributed by atoms with Gasteiger partial charge in [-0.15, -0.1) is 0 Å². The summed E-state index contributed by atoms with van der Waals surface area (Å²) in [6.45, 7) is 7.83. The van der Waals surface area contributed by atoms with Crippen LogP contribution in [0.4, 0.5) is 8.78 Å². The number of alkyl halides is 2. The second-order valence-electron chi connectivity index (χ2n) is 7.02. The summed E-state index contributed by atoms with van der Waals surface area (Å²) in [4.78, 5) is 12.3. The zero-order chi connectivity index (χ0) is 18.6. The molecular weight excluding hydrogens is 326 g/mol. The van der Waals surface area contributed by atoms with Gasteiger partial charge in [0.25, 0.3) is 6.43 Å². The van der Waals surface area contributed by atoms with E-state index in [-0.39, 0.29) is 29.5 Å². The molecule has 0 spiro atoms. The lowest BCUT2D eigenvalue weighted by Gasteiger charge is -2.23. The van der Waals surface area contributed by atoms with Crippen molar-refractivity contribution in [2.45, 2.75) is 46.1 Å². The molecule has 0 aromatic carbocycles. The molecule has 0 radical (unpaired) electrons. The zero-order valence-electron chi connectivity index (χ0n) is 15.0. The molecule has 136 valence electrons. The summed E-state index contributed by atoms with van der Waals surface area (Å²) >= 11 is 0. The van der Waals surface area contributed by atoms with Crippen molar-refractivity contribution in [1.82, 2.24) is 15.0 Å². The number of aryl methyl sites for hydroxylation is 1. The monoisotopic (exact) mass is 350 g/mol. The van der Waals surface area contributed by atoms with Crippen LogP contribution < -0.4 is 10.5 Å². The fourth-order valence-electron chi connectivity index (χ4n) is 2.68. The van der Waals surface area contributed by atoms with Gasteiger partial charge in [-0.3, -0.25) is 0 Å². The fourth-order valence-corrected chi connectivity index (χ4v) is 2.68. The van der Waals surface area contributed by atoms with Crippen molar-refractivity contribution >= 4 is 0 Å². The Balaban J connectivity index is 2.19. The molecule has 0 saturated heterocycles. The number of nitrogens with zero attached hydrogens (tertiary/aromatic N) is 3. The minimum atomic E-state index is -2.69. The summed E-state index contributed by atoms with van der Waals surface area (Å²) in [7, 11) is 0. The maximum Gasteiger partial charge on any atom is 0.269 e. The van der Waals surface area contributed by atoms with Gasteiger partial charge in [0.15, 0.2) is 0 Å². The van der Waals surface area contributed by atoms with Gasteiger partial charge >= 0.3 is 0 Å². The molecule has 7 heteroatoms. The maximum absolute atomic E-state index is 13.4. The second kappa shape index (κ2) is 7.82. The Morgan fingerprint density at radius 3 is 2.60 bits per heavy atom. The lowest BCUT2D eigenvalue weighted by Crippen LogP contribution is -2.35. The molecule has 0 amide bonds.